The van der Waals surface area contributed by atoms with E-state index in [1.54, 1.807) is 23.9 Å². The van der Waals surface area contributed by atoms with Gasteiger partial charge in [0.1, 0.15) is 6.33 Å². The Kier molecular flexibility index (Phi) is 4.00. The molecule has 0 saturated heterocycles. The van der Waals surface area contributed by atoms with Crippen LogP contribution in [-0.4, -0.2) is 15.0 Å². The van der Waals surface area contributed by atoms with Crippen molar-refractivity contribution in [3.8, 4) is 0 Å². The summed E-state index contributed by atoms with van der Waals surface area (Å²) in [5.41, 5.74) is 3.99. The summed E-state index contributed by atoms with van der Waals surface area (Å²) in [6, 6.07) is 16.1. The van der Waals surface area contributed by atoms with Crippen LogP contribution in [0.4, 0.5) is 11.5 Å². The first-order valence-corrected chi connectivity index (χ1v) is 8.41. The van der Waals surface area contributed by atoms with Gasteiger partial charge in [-0.25, -0.2) is 9.97 Å². The van der Waals surface area contributed by atoms with Gasteiger partial charge in [0, 0.05) is 11.9 Å². The minimum Gasteiger partial charge on any atom is -0.339 e. The number of hydrogen-bond donors (Lipinski definition) is 1. The number of aromatic nitrogens is 3. The number of pyridine rings is 1. The maximum absolute atomic E-state index is 4.36. The zero-order chi connectivity index (χ0) is 16.2. The van der Waals surface area contributed by atoms with Gasteiger partial charge in [-0.05, 0) is 47.4 Å². The maximum Gasteiger partial charge on any atom is 0.151 e. The predicted molar refractivity (Wildman–Crippen MR) is 100 cm³/mol. The van der Waals surface area contributed by atoms with Crippen LogP contribution in [0.25, 0.3) is 22.4 Å². The third kappa shape index (κ3) is 3.16. The molecule has 0 bridgehead atoms. The number of rotatable bonds is 4. The van der Waals surface area contributed by atoms with Crippen LogP contribution in [0.1, 0.15) is 11.3 Å². The summed E-state index contributed by atoms with van der Waals surface area (Å²) in [4.78, 5) is 12.9. The summed E-state index contributed by atoms with van der Waals surface area (Å²) in [5.74, 6) is 0.834. The number of fused-ring (bicyclic) bond motifs is 1. The zero-order valence-electron chi connectivity index (χ0n) is 12.8. The molecule has 5 heteroatoms. The Bertz CT molecular complexity index is 992. The predicted octanol–water partition coefficient (Wildman–Crippen LogP) is 5.00. The van der Waals surface area contributed by atoms with E-state index in [4.69, 9.17) is 0 Å². The van der Waals surface area contributed by atoms with Gasteiger partial charge in [-0.15, -0.1) is 11.3 Å². The average Bonchev–Trinajstić information content (AvgIpc) is 3.11. The van der Waals surface area contributed by atoms with E-state index in [-0.39, 0.29) is 0 Å². The minimum atomic E-state index is 0.834. The van der Waals surface area contributed by atoms with Gasteiger partial charge in [-0.2, -0.15) is 0 Å². The number of nitrogens with zero attached hydrogens (tertiary/aromatic N) is 3. The molecule has 0 unspecified atom stereocenters. The molecule has 24 heavy (non-hydrogen) atoms. The third-order valence-corrected chi connectivity index (χ3v) is 4.44. The van der Waals surface area contributed by atoms with E-state index in [0.29, 0.717) is 0 Å². The average molecular weight is 330 g/mol. The molecule has 116 valence electrons. The number of hydrogen-bond acceptors (Lipinski definition) is 5. The Labute approximate surface area is 143 Å². The first-order valence-electron chi connectivity index (χ1n) is 7.53. The first kappa shape index (κ1) is 14.5. The summed E-state index contributed by atoms with van der Waals surface area (Å²) in [5, 5.41) is 5.41. The van der Waals surface area contributed by atoms with Crippen molar-refractivity contribution in [3.63, 3.8) is 0 Å². The Morgan fingerprint density at radius 2 is 1.92 bits per heavy atom. The van der Waals surface area contributed by atoms with E-state index in [2.05, 4.69) is 32.4 Å². The van der Waals surface area contributed by atoms with Crippen molar-refractivity contribution in [1.29, 1.82) is 0 Å². The Morgan fingerprint density at radius 3 is 2.83 bits per heavy atom. The molecule has 0 spiro atoms. The number of thiophene rings is 1. The normalized spacial score (nSPS) is 11.2. The van der Waals surface area contributed by atoms with E-state index in [1.165, 1.54) is 0 Å². The maximum atomic E-state index is 4.36. The molecule has 3 heterocycles. The Morgan fingerprint density at radius 1 is 0.917 bits per heavy atom. The molecule has 0 fully saturated rings. The van der Waals surface area contributed by atoms with Crippen molar-refractivity contribution >= 4 is 45.2 Å². The molecule has 4 nitrogen and oxygen atoms in total. The lowest BCUT2D eigenvalue weighted by Crippen LogP contribution is -1.94. The molecule has 0 aliphatic rings. The summed E-state index contributed by atoms with van der Waals surface area (Å²) < 4.78 is 1.06. The highest BCUT2D eigenvalue weighted by Crippen LogP contribution is 2.27. The van der Waals surface area contributed by atoms with E-state index >= 15 is 0 Å². The second-order valence-corrected chi connectivity index (χ2v) is 6.11. The smallest absolute Gasteiger partial charge is 0.151 e. The minimum absolute atomic E-state index is 0.834. The van der Waals surface area contributed by atoms with Crippen LogP contribution in [0.5, 0.6) is 0 Å². The van der Waals surface area contributed by atoms with E-state index in [1.807, 2.05) is 53.9 Å². The van der Waals surface area contributed by atoms with E-state index in [0.717, 1.165) is 33.0 Å². The van der Waals surface area contributed by atoms with E-state index < -0.39 is 0 Å². The van der Waals surface area contributed by atoms with Gasteiger partial charge >= 0.3 is 0 Å². The highest BCUT2D eigenvalue weighted by molar-refractivity contribution is 7.17. The van der Waals surface area contributed by atoms with Crippen LogP contribution in [-0.2, 0) is 0 Å². The fourth-order valence-corrected chi connectivity index (χ4v) is 3.18. The molecule has 3 aromatic heterocycles. The zero-order valence-corrected chi connectivity index (χ0v) is 13.6. The van der Waals surface area contributed by atoms with Crippen molar-refractivity contribution in [2.45, 2.75) is 0 Å². The highest BCUT2D eigenvalue weighted by atomic mass is 32.1. The number of nitrogens with one attached hydrogen (secondary N) is 1. The molecular weight excluding hydrogens is 316 g/mol. The molecule has 1 N–H and O–H groups in total. The standard InChI is InChI=1S/C19H14N4S/c1-2-10-20-15(5-1)8-7-14-4-3-6-16(12-14)23-19-18-17(9-11-24-18)21-13-22-19/h1-13H,(H,21,22,23)/b8-7+. The summed E-state index contributed by atoms with van der Waals surface area (Å²) in [6.45, 7) is 0. The first-order chi connectivity index (χ1) is 11.9. The molecule has 4 aromatic rings. The SMILES string of the molecule is C(=C\c1ccccn1)/c1cccc(Nc2ncnc3ccsc23)c1. The quantitative estimate of drug-likeness (QED) is 0.572. The van der Waals surface area contributed by atoms with Gasteiger partial charge in [0.15, 0.2) is 5.82 Å². The Balaban J connectivity index is 1.59. The molecule has 0 aliphatic heterocycles. The molecule has 0 amide bonds. The number of benzene rings is 1. The molecule has 0 atom stereocenters. The lowest BCUT2D eigenvalue weighted by molar-refractivity contribution is 1.23. The molecule has 0 radical (unpaired) electrons. The van der Waals surface area contributed by atoms with Gasteiger partial charge in [-0.1, -0.05) is 24.3 Å². The van der Waals surface area contributed by atoms with Crippen LogP contribution < -0.4 is 5.32 Å². The van der Waals surface area contributed by atoms with Crippen molar-refractivity contribution in [2.75, 3.05) is 5.32 Å². The van der Waals surface area contributed by atoms with Crippen molar-refractivity contribution in [3.05, 3.63) is 77.7 Å². The number of anilines is 2. The lowest BCUT2D eigenvalue weighted by atomic mass is 10.1. The van der Waals surface area contributed by atoms with Crippen molar-refractivity contribution in [1.82, 2.24) is 15.0 Å². The summed E-state index contributed by atoms with van der Waals surface area (Å²) in [7, 11) is 0. The molecule has 1 aromatic carbocycles. The topological polar surface area (TPSA) is 50.7 Å². The fraction of sp³-hybridized carbons (Fsp3) is 0. The molecule has 4 rings (SSSR count). The third-order valence-electron chi connectivity index (χ3n) is 3.53. The van der Waals surface area contributed by atoms with Crippen LogP contribution >= 0.6 is 11.3 Å². The summed E-state index contributed by atoms with van der Waals surface area (Å²) in [6.07, 6.45) is 7.43. The lowest BCUT2D eigenvalue weighted by Gasteiger charge is -2.07. The second kappa shape index (κ2) is 6.60. The van der Waals surface area contributed by atoms with Gasteiger partial charge < -0.3 is 5.32 Å². The second-order valence-electron chi connectivity index (χ2n) is 5.20. The monoisotopic (exact) mass is 330 g/mol. The van der Waals surface area contributed by atoms with Crippen molar-refractivity contribution < 1.29 is 0 Å². The van der Waals surface area contributed by atoms with Gasteiger partial charge in [0.05, 0.1) is 15.9 Å². The fourth-order valence-electron chi connectivity index (χ4n) is 2.39. The van der Waals surface area contributed by atoms with Crippen LogP contribution in [0, 0.1) is 0 Å². The van der Waals surface area contributed by atoms with Crippen LogP contribution in [0.2, 0.25) is 0 Å². The van der Waals surface area contributed by atoms with Crippen molar-refractivity contribution in [2.24, 2.45) is 0 Å². The molecular formula is C19H14N4S. The van der Waals surface area contributed by atoms with E-state index in [9.17, 15) is 0 Å². The van der Waals surface area contributed by atoms with Gasteiger partial charge in [0.25, 0.3) is 0 Å². The largest absolute Gasteiger partial charge is 0.339 e. The van der Waals surface area contributed by atoms with Crippen LogP contribution in [0.15, 0.2) is 66.4 Å². The van der Waals surface area contributed by atoms with Gasteiger partial charge in [0.2, 0.25) is 0 Å². The highest BCUT2D eigenvalue weighted by Gasteiger charge is 2.05. The summed E-state index contributed by atoms with van der Waals surface area (Å²) >= 11 is 1.64. The molecule has 0 aliphatic carbocycles. The molecule has 0 saturated carbocycles. The van der Waals surface area contributed by atoms with Crippen LogP contribution in [0.3, 0.4) is 0 Å². The van der Waals surface area contributed by atoms with Gasteiger partial charge in [-0.3, -0.25) is 4.98 Å². The Hall–Kier alpha value is -3.05.